The van der Waals surface area contributed by atoms with Crippen molar-refractivity contribution in [2.75, 3.05) is 0 Å². The van der Waals surface area contributed by atoms with Crippen molar-refractivity contribution < 1.29 is 4.42 Å². The molecule has 0 atom stereocenters. The molecule has 0 bridgehead atoms. The third kappa shape index (κ3) is 2.35. The molecule has 0 saturated heterocycles. The molecular formula is C22H18O. The van der Waals surface area contributed by atoms with E-state index in [0.717, 1.165) is 22.6 Å². The Morgan fingerprint density at radius 2 is 0.957 bits per heavy atom. The molecule has 1 heteroatoms. The number of hydrogen-bond acceptors (Lipinski definition) is 1. The average molecular weight is 298 g/mol. The lowest BCUT2D eigenvalue weighted by molar-refractivity contribution is 0.602. The molecule has 4 aromatic rings. The Kier molecular flexibility index (Phi) is 3.27. The zero-order chi connectivity index (χ0) is 15.8. The zero-order valence-electron chi connectivity index (χ0n) is 13.3. The van der Waals surface area contributed by atoms with E-state index in [4.69, 9.17) is 4.42 Å². The quantitative estimate of drug-likeness (QED) is 0.418. The summed E-state index contributed by atoms with van der Waals surface area (Å²) in [6, 6.07) is 25.1. The van der Waals surface area contributed by atoms with Gasteiger partial charge in [0, 0.05) is 21.9 Å². The Morgan fingerprint density at radius 1 is 0.565 bits per heavy atom. The van der Waals surface area contributed by atoms with E-state index in [9.17, 15) is 0 Å². The topological polar surface area (TPSA) is 13.1 Å². The molecule has 0 aliphatic carbocycles. The number of benzene rings is 3. The molecule has 0 aliphatic rings. The van der Waals surface area contributed by atoms with Crippen LogP contribution in [0.2, 0.25) is 0 Å². The highest BCUT2D eigenvalue weighted by Gasteiger charge is 2.17. The van der Waals surface area contributed by atoms with E-state index in [-0.39, 0.29) is 0 Å². The second kappa shape index (κ2) is 5.44. The van der Waals surface area contributed by atoms with E-state index in [1.807, 2.05) is 36.4 Å². The lowest BCUT2D eigenvalue weighted by Crippen LogP contribution is -1.82. The Morgan fingerprint density at radius 3 is 1.35 bits per heavy atom. The number of fused-ring (bicyclic) bond motifs is 1. The van der Waals surface area contributed by atoms with E-state index in [1.165, 1.54) is 21.9 Å². The van der Waals surface area contributed by atoms with E-state index in [1.54, 1.807) is 0 Å². The monoisotopic (exact) mass is 298 g/mol. The van der Waals surface area contributed by atoms with Crippen LogP contribution in [0.1, 0.15) is 11.1 Å². The molecule has 0 fully saturated rings. The van der Waals surface area contributed by atoms with Gasteiger partial charge in [-0.1, -0.05) is 60.7 Å². The molecule has 112 valence electrons. The third-order valence-electron chi connectivity index (χ3n) is 4.40. The van der Waals surface area contributed by atoms with Gasteiger partial charge >= 0.3 is 0 Å². The van der Waals surface area contributed by atoms with Crippen molar-refractivity contribution in [3.05, 3.63) is 83.9 Å². The number of hydrogen-bond donors (Lipinski definition) is 0. The highest BCUT2D eigenvalue weighted by Crippen LogP contribution is 2.40. The predicted octanol–water partition coefficient (Wildman–Crippen LogP) is 6.38. The van der Waals surface area contributed by atoms with Crippen molar-refractivity contribution in [2.24, 2.45) is 0 Å². The van der Waals surface area contributed by atoms with Crippen molar-refractivity contribution in [1.82, 2.24) is 0 Å². The molecule has 1 heterocycles. The maximum atomic E-state index is 6.35. The van der Waals surface area contributed by atoms with Crippen LogP contribution < -0.4 is 0 Å². The smallest absolute Gasteiger partial charge is 0.142 e. The van der Waals surface area contributed by atoms with Gasteiger partial charge in [0.2, 0.25) is 0 Å². The van der Waals surface area contributed by atoms with Crippen LogP contribution in [0.25, 0.3) is 33.4 Å². The SMILES string of the molecule is Cc1cc2c(-c3ccccc3)oc(-c3ccccc3)c2cc1C. The fourth-order valence-electron chi connectivity index (χ4n) is 3.01. The summed E-state index contributed by atoms with van der Waals surface area (Å²) in [5, 5.41) is 2.36. The van der Waals surface area contributed by atoms with E-state index in [2.05, 4.69) is 50.2 Å². The van der Waals surface area contributed by atoms with E-state index >= 15 is 0 Å². The molecule has 23 heavy (non-hydrogen) atoms. The highest BCUT2D eigenvalue weighted by atomic mass is 16.3. The minimum absolute atomic E-state index is 0.947. The lowest BCUT2D eigenvalue weighted by atomic mass is 9.99. The molecule has 0 saturated carbocycles. The Hall–Kier alpha value is -2.80. The van der Waals surface area contributed by atoms with Gasteiger partial charge in [-0.05, 0) is 37.1 Å². The van der Waals surface area contributed by atoms with Gasteiger partial charge in [0.1, 0.15) is 11.5 Å². The average Bonchev–Trinajstić information content (AvgIpc) is 2.95. The van der Waals surface area contributed by atoms with Gasteiger partial charge in [-0.2, -0.15) is 0 Å². The van der Waals surface area contributed by atoms with Gasteiger partial charge in [0.15, 0.2) is 0 Å². The summed E-state index contributed by atoms with van der Waals surface area (Å²) in [4.78, 5) is 0. The van der Waals surface area contributed by atoms with Crippen LogP contribution in [-0.4, -0.2) is 0 Å². The predicted molar refractivity (Wildman–Crippen MR) is 96.6 cm³/mol. The normalized spacial score (nSPS) is 11.0. The molecule has 1 aromatic heterocycles. The maximum Gasteiger partial charge on any atom is 0.142 e. The first kappa shape index (κ1) is 13.8. The number of furan rings is 1. The summed E-state index contributed by atoms with van der Waals surface area (Å²) in [5.41, 5.74) is 4.80. The molecule has 0 aliphatic heterocycles. The highest BCUT2D eigenvalue weighted by molar-refractivity contribution is 6.03. The zero-order valence-corrected chi connectivity index (χ0v) is 13.3. The second-order valence-electron chi connectivity index (χ2n) is 5.97. The second-order valence-corrected chi connectivity index (χ2v) is 5.97. The maximum absolute atomic E-state index is 6.35. The van der Waals surface area contributed by atoms with Gasteiger partial charge in [-0.3, -0.25) is 0 Å². The Balaban J connectivity index is 2.07. The number of aryl methyl sites for hydroxylation is 2. The molecule has 1 nitrogen and oxygen atoms in total. The summed E-state index contributed by atoms with van der Waals surface area (Å²) < 4.78 is 6.35. The van der Waals surface area contributed by atoms with Crippen molar-refractivity contribution in [2.45, 2.75) is 13.8 Å². The molecule has 4 rings (SSSR count). The fraction of sp³-hybridized carbons (Fsp3) is 0.0909. The van der Waals surface area contributed by atoms with Crippen LogP contribution in [0.4, 0.5) is 0 Å². The Labute approximate surface area is 136 Å². The number of rotatable bonds is 2. The molecule has 3 aromatic carbocycles. The van der Waals surface area contributed by atoms with E-state index in [0.29, 0.717) is 0 Å². The Bertz CT molecular complexity index is 884. The third-order valence-corrected chi connectivity index (χ3v) is 4.40. The summed E-state index contributed by atoms with van der Waals surface area (Å²) >= 11 is 0. The summed E-state index contributed by atoms with van der Waals surface area (Å²) in [6.45, 7) is 4.30. The van der Waals surface area contributed by atoms with Crippen LogP contribution in [0.15, 0.2) is 77.2 Å². The van der Waals surface area contributed by atoms with Crippen molar-refractivity contribution in [3.8, 4) is 22.6 Å². The van der Waals surface area contributed by atoms with Crippen LogP contribution in [0.5, 0.6) is 0 Å². The van der Waals surface area contributed by atoms with Crippen LogP contribution >= 0.6 is 0 Å². The minimum atomic E-state index is 0.947. The minimum Gasteiger partial charge on any atom is -0.455 e. The van der Waals surface area contributed by atoms with Crippen LogP contribution in [0, 0.1) is 13.8 Å². The van der Waals surface area contributed by atoms with Gasteiger partial charge in [0.05, 0.1) is 0 Å². The summed E-state index contributed by atoms with van der Waals surface area (Å²) in [6.07, 6.45) is 0. The van der Waals surface area contributed by atoms with Crippen molar-refractivity contribution in [1.29, 1.82) is 0 Å². The molecule has 0 unspecified atom stereocenters. The molecule has 0 amide bonds. The van der Waals surface area contributed by atoms with Crippen LogP contribution in [0.3, 0.4) is 0 Å². The van der Waals surface area contributed by atoms with Gasteiger partial charge in [0.25, 0.3) is 0 Å². The lowest BCUT2D eigenvalue weighted by Gasteiger charge is -2.02. The fourth-order valence-corrected chi connectivity index (χ4v) is 3.01. The first-order valence-electron chi connectivity index (χ1n) is 7.88. The largest absolute Gasteiger partial charge is 0.455 e. The first-order chi connectivity index (χ1) is 11.2. The molecular weight excluding hydrogens is 280 g/mol. The standard InChI is InChI=1S/C22H18O/c1-15-13-19-20(14-16(15)2)22(18-11-7-4-8-12-18)23-21(19)17-9-5-3-6-10-17/h3-14H,1-2H3. The summed E-state index contributed by atoms with van der Waals surface area (Å²) in [5.74, 6) is 1.89. The first-order valence-corrected chi connectivity index (χ1v) is 7.88. The molecule has 0 radical (unpaired) electrons. The van der Waals surface area contributed by atoms with E-state index < -0.39 is 0 Å². The van der Waals surface area contributed by atoms with Gasteiger partial charge in [-0.25, -0.2) is 0 Å². The molecule has 0 spiro atoms. The van der Waals surface area contributed by atoms with Crippen LogP contribution in [-0.2, 0) is 0 Å². The van der Waals surface area contributed by atoms with Gasteiger partial charge in [-0.15, -0.1) is 0 Å². The van der Waals surface area contributed by atoms with Crippen molar-refractivity contribution >= 4 is 10.8 Å². The molecule has 0 N–H and O–H groups in total. The van der Waals surface area contributed by atoms with Gasteiger partial charge < -0.3 is 4.42 Å². The summed E-state index contributed by atoms with van der Waals surface area (Å²) in [7, 11) is 0. The van der Waals surface area contributed by atoms with Crippen molar-refractivity contribution in [3.63, 3.8) is 0 Å².